The van der Waals surface area contributed by atoms with E-state index in [0.717, 1.165) is 24.8 Å². The fourth-order valence-corrected chi connectivity index (χ4v) is 2.91. The zero-order chi connectivity index (χ0) is 15.4. The van der Waals surface area contributed by atoms with E-state index >= 15 is 0 Å². The minimum atomic E-state index is 0.110. The average molecular weight is 340 g/mol. The van der Waals surface area contributed by atoms with E-state index in [-0.39, 0.29) is 5.92 Å². The summed E-state index contributed by atoms with van der Waals surface area (Å²) in [5.41, 5.74) is 2.68. The molecule has 0 fully saturated rings. The molecule has 0 aromatic carbocycles. The maximum atomic E-state index is 9.19. The van der Waals surface area contributed by atoms with Crippen molar-refractivity contribution in [1.29, 1.82) is 5.26 Å². The number of hydrogen-bond acceptors (Lipinski definition) is 1. The minimum absolute atomic E-state index is 0.110. The predicted octanol–water partition coefficient (Wildman–Crippen LogP) is 6.90. The molecule has 1 nitrogen and oxygen atoms in total. The molecule has 0 saturated heterocycles. The van der Waals surface area contributed by atoms with Gasteiger partial charge in [0.15, 0.2) is 0 Å². The third-order valence-electron chi connectivity index (χ3n) is 3.54. The quantitative estimate of drug-likeness (QED) is 0.375. The molecule has 0 aromatic rings. The van der Waals surface area contributed by atoms with Crippen molar-refractivity contribution in [2.45, 2.75) is 78.6 Å². The zero-order valence-corrected chi connectivity index (χ0v) is 15.1. The van der Waals surface area contributed by atoms with Gasteiger partial charge in [-0.2, -0.15) is 5.26 Å². The van der Waals surface area contributed by atoms with Crippen molar-refractivity contribution in [2.75, 3.05) is 0 Å². The number of halogens is 1. The normalized spacial score (nSPS) is 11.8. The molecule has 1 atom stereocenters. The Balaban J connectivity index is 4.51. The van der Waals surface area contributed by atoms with E-state index in [1.165, 1.54) is 43.0 Å². The molecule has 0 rings (SSSR count). The number of unbranched alkanes of at least 4 members (excludes halogenated alkanes) is 2. The van der Waals surface area contributed by atoms with Gasteiger partial charge in [-0.05, 0) is 56.4 Å². The number of nitriles is 1. The van der Waals surface area contributed by atoms with Crippen LogP contribution in [0.3, 0.4) is 0 Å². The van der Waals surface area contributed by atoms with Crippen LogP contribution in [0.15, 0.2) is 22.2 Å². The maximum absolute atomic E-state index is 9.19. The number of allylic oxidation sites excluding steroid dienone is 3. The summed E-state index contributed by atoms with van der Waals surface area (Å²) in [6.45, 7) is 10.4. The van der Waals surface area contributed by atoms with Crippen molar-refractivity contribution in [2.24, 2.45) is 5.92 Å². The van der Waals surface area contributed by atoms with Gasteiger partial charge in [-0.25, -0.2) is 0 Å². The Morgan fingerprint density at radius 3 is 2.10 bits per heavy atom. The highest BCUT2D eigenvalue weighted by atomic mass is 79.9. The first-order valence-corrected chi connectivity index (χ1v) is 8.74. The lowest BCUT2D eigenvalue weighted by molar-refractivity contribution is 0.598. The predicted molar refractivity (Wildman–Crippen MR) is 92.8 cm³/mol. The molecule has 0 aliphatic heterocycles. The van der Waals surface area contributed by atoms with Gasteiger partial charge in [-0.1, -0.05) is 53.8 Å². The van der Waals surface area contributed by atoms with Gasteiger partial charge < -0.3 is 0 Å². The van der Waals surface area contributed by atoms with Gasteiger partial charge in [-0.15, -0.1) is 6.58 Å². The molecule has 2 heteroatoms. The van der Waals surface area contributed by atoms with Crippen LogP contribution >= 0.6 is 15.9 Å². The minimum Gasteiger partial charge on any atom is -0.198 e. The van der Waals surface area contributed by atoms with Gasteiger partial charge in [0, 0.05) is 0 Å². The van der Waals surface area contributed by atoms with Gasteiger partial charge in [-0.3, -0.25) is 0 Å². The van der Waals surface area contributed by atoms with Crippen LogP contribution in [0.1, 0.15) is 78.6 Å². The second-order valence-electron chi connectivity index (χ2n) is 5.74. The maximum Gasteiger partial charge on any atom is 0.0659 e. The molecule has 0 amide bonds. The van der Waals surface area contributed by atoms with Crippen LogP contribution in [-0.4, -0.2) is 0 Å². The van der Waals surface area contributed by atoms with Gasteiger partial charge in [0.1, 0.15) is 0 Å². The van der Waals surface area contributed by atoms with Crippen LogP contribution in [0, 0.1) is 17.2 Å². The first-order valence-electron chi connectivity index (χ1n) is 7.95. The monoisotopic (exact) mass is 339 g/mol. The third-order valence-corrected chi connectivity index (χ3v) is 4.49. The Labute approximate surface area is 134 Å². The zero-order valence-electron chi connectivity index (χ0n) is 13.5. The van der Waals surface area contributed by atoms with Crippen LogP contribution in [0.4, 0.5) is 0 Å². The van der Waals surface area contributed by atoms with E-state index in [1.54, 1.807) is 5.57 Å². The SMILES string of the molecule is C=C(C)CC(C#N)CCC(Br)=C(CCCC)CCCC. The lowest BCUT2D eigenvalue weighted by Gasteiger charge is -2.13. The van der Waals surface area contributed by atoms with E-state index in [1.807, 2.05) is 6.92 Å². The molecule has 0 heterocycles. The molecule has 0 radical (unpaired) electrons. The van der Waals surface area contributed by atoms with Crippen molar-refractivity contribution < 1.29 is 0 Å². The highest BCUT2D eigenvalue weighted by Crippen LogP contribution is 2.28. The summed E-state index contributed by atoms with van der Waals surface area (Å²) in [5.74, 6) is 0.110. The summed E-state index contributed by atoms with van der Waals surface area (Å²) in [6.07, 6.45) is 10.2. The molecular weight excluding hydrogens is 310 g/mol. The fourth-order valence-electron chi connectivity index (χ4n) is 2.29. The molecular formula is C18H30BrN. The van der Waals surface area contributed by atoms with Gasteiger partial charge in [0.25, 0.3) is 0 Å². The summed E-state index contributed by atoms with van der Waals surface area (Å²) < 4.78 is 1.35. The fraction of sp³-hybridized carbons (Fsp3) is 0.722. The molecule has 1 unspecified atom stereocenters. The lowest BCUT2D eigenvalue weighted by Crippen LogP contribution is -1.99. The highest BCUT2D eigenvalue weighted by molar-refractivity contribution is 9.11. The molecule has 0 spiro atoms. The van der Waals surface area contributed by atoms with Crippen molar-refractivity contribution in [3.05, 3.63) is 22.2 Å². The van der Waals surface area contributed by atoms with E-state index in [0.29, 0.717) is 0 Å². The second kappa shape index (κ2) is 12.2. The first-order chi connectivity index (χ1) is 9.54. The number of hydrogen-bond donors (Lipinski definition) is 0. The molecule has 0 aromatic heterocycles. The molecule has 0 bridgehead atoms. The number of rotatable bonds is 11. The standard InChI is InChI=1S/C18H30BrN/c1-5-7-9-17(10-8-6-2)18(19)12-11-16(14-20)13-15(3)4/h16H,3,5-13H2,1-2,4H3. The van der Waals surface area contributed by atoms with Crippen molar-refractivity contribution in [1.82, 2.24) is 0 Å². The third kappa shape index (κ3) is 9.37. The van der Waals surface area contributed by atoms with Gasteiger partial charge in [0.2, 0.25) is 0 Å². The summed E-state index contributed by atoms with van der Waals surface area (Å²) in [6, 6.07) is 2.41. The Kier molecular flexibility index (Phi) is 11.9. The van der Waals surface area contributed by atoms with Gasteiger partial charge >= 0.3 is 0 Å². The lowest BCUT2D eigenvalue weighted by atomic mass is 9.95. The Morgan fingerprint density at radius 2 is 1.70 bits per heavy atom. The Morgan fingerprint density at radius 1 is 1.15 bits per heavy atom. The summed E-state index contributed by atoms with van der Waals surface area (Å²) >= 11 is 3.78. The van der Waals surface area contributed by atoms with E-state index in [4.69, 9.17) is 0 Å². The summed E-state index contributed by atoms with van der Waals surface area (Å²) in [5, 5.41) is 9.19. The molecule has 0 aliphatic rings. The molecule has 0 N–H and O–H groups in total. The largest absolute Gasteiger partial charge is 0.198 e. The molecule has 0 aliphatic carbocycles. The average Bonchev–Trinajstić information content (AvgIpc) is 2.42. The second-order valence-corrected chi connectivity index (χ2v) is 6.70. The van der Waals surface area contributed by atoms with E-state index in [9.17, 15) is 5.26 Å². The van der Waals surface area contributed by atoms with Crippen LogP contribution < -0.4 is 0 Å². The van der Waals surface area contributed by atoms with Crippen LogP contribution in [0.25, 0.3) is 0 Å². The summed E-state index contributed by atoms with van der Waals surface area (Å²) in [7, 11) is 0. The molecule has 114 valence electrons. The smallest absolute Gasteiger partial charge is 0.0659 e. The van der Waals surface area contributed by atoms with Crippen LogP contribution in [-0.2, 0) is 0 Å². The first kappa shape index (κ1) is 19.4. The van der Waals surface area contributed by atoms with E-state index in [2.05, 4.69) is 42.4 Å². The van der Waals surface area contributed by atoms with E-state index < -0.39 is 0 Å². The summed E-state index contributed by atoms with van der Waals surface area (Å²) in [4.78, 5) is 0. The Bertz CT molecular complexity index is 339. The van der Waals surface area contributed by atoms with Crippen LogP contribution in [0.2, 0.25) is 0 Å². The van der Waals surface area contributed by atoms with Crippen LogP contribution in [0.5, 0.6) is 0 Å². The topological polar surface area (TPSA) is 23.8 Å². The number of nitrogens with zero attached hydrogens (tertiary/aromatic N) is 1. The van der Waals surface area contributed by atoms with Crippen molar-refractivity contribution in [3.8, 4) is 6.07 Å². The molecule has 0 saturated carbocycles. The van der Waals surface area contributed by atoms with Crippen molar-refractivity contribution in [3.63, 3.8) is 0 Å². The van der Waals surface area contributed by atoms with Gasteiger partial charge in [0.05, 0.1) is 12.0 Å². The van der Waals surface area contributed by atoms with Crippen molar-refractivity contribution >= 4 is 15.9 Å². The Hall–Kier alpha value is -0.550. The molecule has 20 heavy (non-hydrogen) atoms. The highest BCUT2D eigenvalue weighted by Gasteiger charge is 2.10.